The number of rotatable bonds is 6. The van der Waals surface area contributed by atoms with E-state index in [1.54, 1.807) is 0 Å². The molecule has 0 aliphatic heterocycles. The molecule has 0 aliphatic carbocycles. The van der Waals surface area contributed by atoms with Crippen LogP contribution in [-0.4, -0.2) is 52.1 Å². The van der Waals surface area contributed by atoms with E-state index in [1.165, 1.54) is 19.1 Å². The third kappa shape index (κ3) is 4.53. The van der Waals surface area contributed by atoms with Gasteiger partial charge in [-0.2, -0.15) is 0 Å². The highest BCUT2D eigenvalue weighted by Gasteiger charge is 2.23. The van der Waals surface area contributed by atoms with Crippen molar-refractivity contribution in [3.05, 3.63) is 24.3 Å². The van der Waals surface area contributed by atoms with Crippen LogP contribution in [0.3, 0.4) is 0 Å². The molecule has 0 saturated heterocycles. The van der Waals surface area contributed by atoms with Crippen LogP contribution < -0.4 is 4.72 Å². The molecule has 1 rings (SSSR count). The maximum absolute atomic E-state index is 11.9. The number of aliphatic hydroxyl groups is 2. The number of sulfonamides is 1. The number of nitrogens with one attached hydrogen (secondary N) is 1. The van der Waals surface area contributed by atoms with Crippen molar-refractivity contribution in [1.29, 1.82) is 0 Å². The van der Waals surface area contributed by atoms with Gasteiger partial charge < -0.3 is 10.2 Å². The fourth-order valence-corrected chi connectivity index (χ4v) is 3.05. The average molecular weight is 323 g/mol. The highest BCUT2D eigenvalue weighted by Crippen LogP contribution is 2.14. The van der Waals surface area contributed by atoms with Crippen molar-refractivity contribution in [2.75, 3.05) is 19.4 Å². The van der Waals surface area contributed by atoms with Crippen LogP contribution in [0.4, 0.5) is 0 Å². The summed E-state index contributed by atoms with van der Waals surface area (Å²) in [7, 11) is -7.27. The minimum Gasteiger partial charge on any atom is -0.393 e. The molecule has 0 heterocycles. The number of benzene rings is 1. The van der Waals surface area contributed by atoms with E-state index in [0.717, 1.165) is 18.4 Å². The number of sulfone groups is 1. The fourth-order valence-electron chi connectivity index (χ4n) is 1.26. The zero-order valence-electron chi connectivity index (χ0n) is 11.1. The smallest absolute Gasteiger partial charge is 0.240 e. The van der Waals surface area contributed by atoms with Gasteiger partial charge in [-0.25, -0.2) is 21.6 Å². The molecule has 114 valence electrons. The predicted octanol–water partition coefficient (Wildman–Crippen LogP) is -0.888. The molecule has 7 nitrogen and oxygen atoms in total. The first kappa shape index (κ1) is 17.1. The Bertz CT molecular complexity index is 661. The van der Waals surface area contributed by atoms with Crippen LogP contribution in [0, 0.1) is 0 Å². The van der Waals surface area contributed by atoms with Crippen LogP contribution in [0.5, 0.6) is 0 Å². The summed E-state index contributed by atoms with van der Waals surface area (Å²) in [5, 5.41) is 18.4. The van der Waals surface area contributed by atoms with Gasteiger partial charge in [0.2, 0.25) is 10.0 Å². The Hall–Kier alpha value is -1.00. The first-order valence-corrected chi connectivity index (χ1v) is 8.98. The Morgan fingerprint density at radius 2 is 1.55 bits per heavy atom. The zero-order chi connectivity index (χ0) is 15.6. The lowest BCUT2D eigenvalue weighted by Gasteiger charge is -2.20. The number of hydrogen-bond acceptors (Lipinski definition) is 6. The Morgan fingerprint density at radius 1 is 1.10 bits per heavy atom. The first-order valence-electron chi connectivity index (χ1n) is 5.61. The number of aliphatic hydroxyl groups excluding tert-OH is 1. The average Bonchev–Trinajstić information content (AvgIpc) is 2.36. The molecule has 1 aromatic carbocycles. The van der Waals surface area contributed by atoms with Crippen molar-refractivity contribution in [2.24, 2.45) is 0 Å². The van der Waals surface area contributed by atoms with Gasteiger partial charge in [0.25, 0.3) is 0 Å². The van der Waals surface area contributed by atoms with Crippen molar-refractivity contribution >= 4 is 19.9 Å². The summed E-state index contributed by atoms with van der Waals surface area (Å²) in [6, 6.07) is 4.70. The second kappa shape index (κ2) is 5.78. The summed E-state index contributed by atoms with van der Waals surface area (Å²) in [4.78, 5) is -0.113. The predicted molar refractivity (Wildman–Crippen MR) is 72.4 cm³/mol. The molecule has 0 aromatic heterocycles. The van der Waals surface area contributed by atoms with Gasteiger partial charge in [0.05, 0.1) is 22.0 Å². The molecule has 0 fully saturated rings. The fraction of sp³-hybridized carbons (Fsp3) is 0.455. The van der Waals surface area contributed by atoms with Gasteiger partial charge in [0.15, 0.2) is 9.84 Å². The Kier molecular flexibility index (Phi) is 4.93. The maximum Gasteiger partial charge on any atom is 0.240 e. The van der Waals surface area contributed by atoms with Crippen LogP contribution in [0.15, 0.2) is 34.1 Å². The molecular formula is C11H17NO6S2. The molecular weight excluding hydrogens is 306 g/mol. The number of hydrogen-bond donors (Lipinski definition) is 3. The van der Waals surface area contributed by atoms with Crippen molar-refractivity contribution < 1.29 is 27.0 Å². The van der Waals surface area contributed by atoms with Crippen LogP contribution in [-0.2, 0) is 19.9 Å². The van der Waals surface area contributed by atoms with Gasteiger partial charge in [-0.15, -0.1) is 0 Å². The second-order valence-corrected chi connectivity index (χ2v) is 8.51. The van der Waals surface area contributed by atoms with Gasteiger partial charge in [-0.3, -0.25) is 0 Å². The molecule has 0 bridgehead atoms. The lowest BCUT2D eigenvalue weighted by molar-refractivity contribution is 0.00681. The van der Waals surface area contributed by atoms with E-state index in [-0.39, 0.29) is 16.3 Å². The van der Waals surface area contributed by atoms with Crippen molar-refractivity contribution in [2.45, 2.75) is 22.3 Å². The van der Waals surface area contributed by atoms with Gasteiger partial charge in [-0.05, 0) is 31.2 Å². The molecule has 0 radical (unpaired) electrons. The molecule has 9 heteroatoms. The summed E-state index contributed by atoms with van der Waals surface area (Å²) >= 11 is 0. The standard InChI is InChI=1S/C11H17NO6S2/c1-11(14,8-13)7-12-20(17,18)10-5-3-9(4-6-10)19(2,15)16/h3-6,12-14H,7-8H2,1-2H3. The third-order valence-electron chi connectivity index (χ3n) is 2.55. The van der Waals surface area contributed by atoms with Crippen molar-refractivity contribution in [1.82, 2.24) is 4.72 Å². The van der Waals surface area contributed by atoms with Crippen LogP contribution in [0.25, 0.3) is 0 Å². The summed E-state index contributed by atoms with van der Waals surface area (Å²) in [5.74, 6) is 0. The zero-order valence-corrected chi connectivity index (χ0v) is 12.7. The summed E-state index contributed by atoms with van der Waals surface area (Å²) in [6.45, 7) is 0.324. The Labute approximate surface area is 118 Å². The molecule has 1 unspecified atom stereocenters. The highest BCUT2D eigenvalue weighted by atomic mass is 32.2. The van der Waals surface area contributed by atoms with Crippen LogP contribution in [0.1, 0.15) is 6.92 Å². The van der Waals surface area contributed by atoms with Gasteiger partial charge in [0, 0.05) is 12.8 Å². The maximum atomic E-state index is 11.9. The van der Waals surface area contributed by atoms with E-state index in [4.69, 9.17) is 5.11 Å². The molecule has 0 aliphatic rings. The largest absolute Gasteiger partial charge is 0.393 e. The van der Waals surface area contributed by atoms with E-state index in [1.807, 2.05) is 0 Å². The van der Waals surface area contributed by atoms with Gasteiger partial charge in [-0.1, -0.05) is 0 Å². The molecule has 0 amide bonds. The summed E-state index contributed by atoms with van der Waals surface area (Å²) in [6.07, 6.45) is 1.02. The lowest BCUT2D eigenvalue weighted by Crippen LogP contribution is -2.43. The van der Waals surface area contributed by atoms with Gasteiger partial charge in [0.1, 0.15) is 0 Å². The second-order valence-electron chi connectivity index (χ2n) is 4.72. The van der Waals surface area contributed by atoms with Crippen LogP contribution >= 0.6 is 0 Å². The monoisotopic (exact) mass is 323 g/mol. The van der Waals surface area contributed by atoms with E-state index in [9.17, 15) is 21.9 Å². The highest BCUT2D eigenvalue weighted by molar-refractivity contribution is 7.90. The van der Waals surface area contributed by atoms with Gasteiger partial charge >= 0.3 is 0 Å². The van der Waals surface area contributed by atoms with E-state index in [0.29, 0.717) is 0 Å². The Morgan fingerprint density at radius 3 is 1.95 bits per heavy atom. The minimum absolute atomic E-state index is 0.0128. The van der Waals surface area contributed by atoms with Crippen molar-refractivity contribution in [3.63, 3.8) is 0 Å². The Balaban J connectivity index is 2.94. The van der Waals surface area contributed by atoms with E-state index >= 15 is 0 Å². The quantitative estimate of drug-likeness (QED) is 0.624. The van der Waals surface area contributed by atoms with E-state index in [2.05, 4.69) is 4.72 Å². The normalized spacial score (nSPS) is 15.8. The summed E-state index contributed by atoms with van der Waals surface area (Å²) < 4.78 is 48.5. The SMILES string of the molecule is CC(O)(CO)CNS(=O)(=O)c1ccc(S(C)(=O)=O)cc1. The first-order chi connectivity index (χ1) is 8.98. The topological polar surface area (TPSA) is 121 Å². The van der Waals surface area contributed by atoms with Crippen LogP contribution in [0.2, 0.25) is 0 Å². The molecule has 1 aromatic rings. The van der Waals surface area contributed by atoms with Crippen molar-refractivity contribution in [3.8, 4) is 0 Å². The minimum atomic E-state index is -3.88. The lowest BCUT2D eigenvalue weighted by atomic mass is 10.1. The molecule has 0 spiro atoms. The van der Waals surface area contributed by atoms with E-state index < -0.39 is 32.1 Å². The third-order valence-corrected chi connectivity index (χ3v) is 5.09. The molecule has 0 saturated carbocycles. The molecule has 1 atom stereocenters. The molecule has 3 N–H and O–H groups in total. The summed E-state index contributed by atoms with van der Waals surface area (Å²) in [5.41, 5.74) is -1.57. The molecule has 20 heavy (non-hydrogen) atoms.